The first-order valence-corrected chi connectivity index (χ1v) is 6.85. The molecule has 2 rings (SSSR count). The van der Waals surface area contributed by atoms with Gasteiger partial charge < -0.3 is 5.73 Å². The van der Waals surface area contributed by atoms with Gasteiger partial charge in [-0.15, -0.1) is 15.6 Å². The van der Waals surface area contributed by atoms with Gasteiger partial charge in [0.25, 0.3) is 16.0 Å². The molecule has 18 heavy (non-hydrogen) atoms. The fraction of sp³-hybridized carbons (Fsp3) is 0. The highest BCUT2D eigenvalue weighted by atomic mass is 32.2. The largest absolute Gasteiger partial charge is 0.350 e. The van der Waals surface area contributed by atoms with Crippen LogP contribution in [0.3, 0.4) is 0 Å². The van der Waals surface area contributed by atoms with E-state index in [2.05, 4.69) is 15.0 Å². The van der Waals surface area contributed by atoms with E-state index in [-0.39, 0.29) is 10.2 Å². The summed E-state index contributed by atoms with van der Waals surface area (Å²) in [5.41, 5.74) is 5.07. The smallest absolute Gasteiger partial charge is 0.336 e. The van der Waals surface area contributed by atoms with Gasteiger partial charge in [-0.1, -0.05) is 6.07 Å². The summed E-state index contributed by atoms with van der Waals surface area (Å²) in [7, 11) is -4.09. The first-order valence-electron chi connectivity index (χ1n) is 4.54. The second-order valence-corrected chi connectivity index (χ2v) is 5.94. The average Bonchev–Trinajstić information content (AvgIpc) is 2.83. The molecule has 2 amide bonds. The van der Waals surface area contributed by atoms with E-state index >= 15 is 0 Å². The third-order valence-corrected chi connectivity index (χ3v) is 4.90. The molecule has 0 atom stereocenters. The molecule has 2 aromatic rings. The highest BCUT2D eigenvalue weighted by Crippen LogP contribution is 2.23. The number of thiophene rings is 1. The number of rotatable bonds is 3. The van der Waals surface area contributed by atoms with Crippen LogP contribution in [0.25, 0.3) is 0 Å². The van der Waals surface area contributed by atoms with Gasteiger partial charge in [0.05, 0.1) is 0 Å². The van der Waals surface area contributed by atoms with Crippen molar-refractivity contribution in [2.45, 2.75) is 4.21 Å². The predicted molar refractivity (Wildman–Crippen MR) is 63.4 cm³/mol. The summed E-state index contributed by atoms with van der Waals surface area (Å²) in [6.45, 7) is 0. The number of carbonyl (C=O) groups excluding carboxylic acids is 1. The lowest BCUT2D eigenvalue weighted by Gasteiger charge is -2.16. The van der Waals surface area contributed by atoms with Crippen molar-refractivity contribution in [1.29, 1.82) is 0 Å². The zero-order chi connectivity index (χ0) is 13.2. The first kappa shape index (κ1) is 12.4. The topological polar surface area (TPSA) is 119 Å². The van der Waals surface area contributed by atoms with Crippen LogP contribution in [0.15, 0.2) is 34.4 Å². The van der Waals surface area contributed by atoms with E-state index in [1.54, 1.807) is 11.4 Å². The second kappa shape index (κ2) is 4.66. The number of amides is 2. The predicted octanol–water partition coefficient (Wildman–Crippen LogP) is 0.207. The van der Waals surface area contributed by atoms with E-state index in [0.717, 1.165) is 24.0 Å². The van der Waals surface area contributed by atoms with Gasteiger partial charge in [0, 0.05) is 0 Å². The molecule has 0 aliphatic rings. The maximum atomic E-state index is 12.2. The van der Waals surface area contributed by atoms with Crippen LogP contribution in [0.5, 0.6) is 0 Å². The van der Waals surface area contributed by atoms with Crippen LogP contribution in [-0.4, -0.2) is 29.4 Å². The third-order valence-electron chi connectivity index (χ3n) is 1.85. The number of nitrogens with zero attached hydrogens (tertiary/aromatic N) is 4. The quantitative estimate of drug-likeness (QED) is 0.860. The zero-order valence-electron chi connectivity index (χ0n) is 8.79. The molecule has 0 radical (unpaired) electrons. The van der Waals surface area contributed by atoms with Crippen molar-refractivity contribution in [2.75, 3.05) is 4.31 Å². The fourth-order valence-corrected chi connectivity index (χ4v) is 3.46. The van der Waals surface area contributed by atoms with E-state index in [0.29, 0.717) is 4.31 Å². The molecule has 0 fully saturated rings. The van der Waals surface area contributed by atoms with Crippen molar-refractivity contribution < 1.29 is 13.2 Å². The van der Waals surface area contributed by atoms with Crippen LogP contribution >= 0.6 is 11.3 Å². The molecule has 0 spiro atoms. The van der Waals surface area contributed by atoms with Crippen LogP contribution < -0.4 is 10.0 Å². The number of hydrogen-bond donors (Lipinski definition) is 1. The van der Waals surface area contributed by atoms with Gasteiger partial charge >= 0.3 is 6.03 Å². The molecule has 94 valence electrons. The molecule has 2 aromatic heterocycles. The summed E-state index contributed by atoms with van der Waals surface area (Å²) in [5.74, 6) is -0.342. The third kappa shape index (κ3) is 2.15. The molecular weight excluding hydrogens is 278 g/mol. The van der Waals surface area contributed by atoms with Gasteiger partial charge in [-0.2, -0.15) is 18.4 Å². The van der Waals surface area contributed by atoms with Gasteiger partial charge in [-0.05, 0) is 11.4 Å². The lowest BCUT2D eigenvalue weighted by atomic mass is 10.7. The van der Waals surface area contributed by atoms with Crippen molar-refractivity contribution in [2.24, 2.45) is 5.73 Å². The Kier molecular flexibility index (Phi) is 3.21. The lowest BCUT2D eigenvalue weighted by molar-refractivity contribution is 0.256. The number of nitrogens with two attached hydrogens (primary N) is 1. The Labute approximate surface area is 106 Å². The number of sulfonamides is 1. The minimum absolute atomic E-state index is 0.0262. The highest BCUT2D eigenvalue weighted by molar-refractivity contribution is 7.95. The summed E-state index contributed by atoms with van der Waals surface area (Å²) in [5, 5.41) is 1.57. The molecule has 0 aliphatic heterocycles. The molecule has 0 aromatic carbocycles. The van der Waals surface area contributed by atoms with Gasteiger partial charge in [-0.25, -0.2) is 9.78 Å². The van der Waals surface area contributed by atoms with E-state index in [9.17, 15) is 13.2 Å². The molecule has 0 aliphatic carbocycles. The van der Waals surface area contributed by atoms with Gasteiger partial charge in [0.15, 0.2) is 0 Å². The molecule has 10 heteroatoms. The molecule has 0 saturated heterocycles. The second-order valence-electron chi connectivity index (χ2n) is 2.98. The molecule has 0 unspecified atom stereocenters. The van der Waals surface area contributed by atoms with Crippen molar-refractivity contribution >= 4 is 33.3 Å². The summed E-state index contributed by atoms with van der Waals surface area (Å²) in [6, 6.07) is 1.72. The normalized spacial score (nSPS) is 11.1. The highest BCUT2D eigenvalue weighted by Gasteiger charge is 2.32. The van der Waals surface area contributed by atoms with Crippen LogP contribution in [-0.2, 0) is 10.0 Å². The molecule has 2 heterocycles. The SMILES string of the molecule is NC(=O)N(c1ncncn1)S(=O)(=O)c1cccs1. The number of aromatic nitrogens is 3. The van der Waals surface area contributed by atoms with Crippen LogP contribution in [0.1, 0.15) is 0 Å². The van der Waals surface area contributed by atoms with E-state index in [4.69, 9.17) is 5.73 Å². The first-order chi connectivity index (χ1) is 8.53. The number of carbonyl (C=O) groups is 1. The monoisotopic (exact) mass is 285 g/mol. The number of hydrogen-bond acceptors (Lipinski definition) is 7. The Morgan fingerprint density at radius 1 is 1.33 bits per heavy atom. The van der Waals surface area contributed by atoms with Crippen molar-refractivity contribution in [1.82, 2.24) is 15.0 Å². The number of urea groups is 1. The van der Waals surface area contributed by atoms with E-state index in [1.165, 1.54) is 6.07 Å². The Bertz CT molecular complexity index is 641. The standard InChI is InChI=1S/C8H7N5O3S2/c9-7(14)13(8-11-4-10-5-12-8)18(15,16)6-2-1-3-17-6/h1-5H,(H2,9,14). The maximum Gasteiger partial charge on any atom is 0.336 e. The van der Waals surface area contributed by atoms with E-state index < -0.39 is 16.1 Å². The Balaban J connectivity index is 2.54. The molecule has 0 saturated carbocycles. The fourth-order valence-electron chi connectivity index (χ4n) is 1.16. The lowest BCUT2D eigenvalue weighted by Crippen LogP contribution is -2.41. The van der Waals surface area contributed by atoms with Gasteiger partial charge in [0.2, 0.25) is 0 Å². The Hall–Kier alpha value is -2.07. The number of primary amides is 1. The molecule has 8 nitrogen and oxygen atoms in total. The number of anilines is 1. The average molecular weight is 285 g/mol. The Morgan fingerprint density at radius 3 is 2.50 bits per heavy atom. The van der Waals surface area contributed by atoms with Crippen molar-refractivity contribution in [3.8, 4) is 0 Å². The molecule has 2 N–H and O–H groups in total. The minimum atomic E-state index is -4.09. The van der Waals surface area contributed by atoms with Crippen LogP contribution in [0.2, 0.25) is 0 Å². The Morgan fingerprint density at radius 2 is 2.00 bits per heavy atom. The molecular formula is C8H7N5O3S2. The van der Waals surface area contributed by atoms with Crippen molar-refractivity contribution in [3.63, 3.8) is 0 Å². The summed E-state index contributed by atoms with van der Waals surface area (Å²) < 4.78 is 24.6. The molecule has 0 bridgehead atoms. The maximum absolute atomic E-state index is 12.2. The summed E-state index contributed by atoms with van der Waals surface area (Å²) in [4.78, 5) is 22.1. The van der Waals surface area contributed by atoms with Crippen molar-refractivity contribution in [3.05, 3.63) is 30.2 Å². The van der Waals surface area contributed by atoms with Gasteiger partial charge in [-0.3, -0.25) is 0 Å². The zero-order valence-corrected chi connectivity index (χ0v) is 10.4. The minimum Gasteiger partial charge on any atom is -0.350 e. The van der Waals surface area contributed by atoms with E-state index in [1.807, 2.05) is 0 Å². The summed E-state index contributed by atoms with van der Waals surface area (Å²) >= 11 is 0.962. The summed E-state index contributed by atoms with van der Waals surface area (Å²) in [6.07, 6.45) is 2.14. The van der Waals surface area contributed by atoms with Gasteiger partial charge in [0.1, 0.15) is 16.9 Å². The van der Waals surface area contributed by atoms with Crippen LogP contribution in [0, 0.1) is 0 Å². The van der Waals surface area contributed by atoms with Crippen LogP contribution in [0.4, 0.5) is 10.7 Å².